The van der Waals surface area contributed by atoms with Crippen molar-refractivity contribution in [1.82, 2.24) is 0 Å². The largest absolute Gasteiger partial charge is 0.449 e. The fourth-order valence-electron chi connectivity index (χ4n) is 3.00. The summed E-state index contributed by atoms with van der Waals surface area (Å²) in [5.74, 6) is -1.35. The van der Waals surface area contributed by atoms with Gasteiger partial charge in [-0.15, -0.1) is 0 Å². The SMILES string of the molecule is Cc1ccc(C)c(S(=O)(=O)Oc2ccc(C(=O)OC(C)C(=O)Nc3ccccc3C#N)cc2)c1. The van der Waals surface area contributed by atoms with Crippen LogP contribution in [0.15, 0.2) is 71.6 Å². The Kier molecular flexibility index (Phi) is 7.34. The summed E-state index contributed by atoms with van der Waals surface area (Å²) in [5, 5.41) is 11.7. The number of ether oxygens (including phenoxy) is 1. The number of hydrogen-bond acceptors (Lipinski definition) is 7. The first-order valence-corrected chi connectivity index (χ1v) is 11.6. The van der Waals surface area contributed by atoms with Gasteiger partial charge in [-0.3, -0.25) is 4.79 Å². The summed E-state index contributed by atoms with van der Waals surface area (Å²) in [6.45, 7) is 4.85. The lowest BCUT2D eigenvalue weighted by Gasteiger charge is -2.14. The van der Waals surface area contributed by atoms with Crippen LogP contribution < -0.4 is 9.50 Å². The van der Waals surface area contributed by atoms with Crippen molar-refractivity contribution in [2.24, 2.45) is 0 Å². The lowest BCUT2D eigenvalue weighted by molar-refractivity contribution is -0.123. The predicted octanol–water partition coefficient (Wildman–Crippen LogP) is 4.13. The van der Waals surface area contributed by atoms with E-state index in [1.54, 1.807) is 50.2 Å². The van der Waals surface area contributed by atoms with E-state index in [4.69, 9.17) is 14.2 Å². The van der Waals surface area contributed by atoms with Gasteiger partial charge in [0.05, 0.1) is 16.8 Å². The Morgan fingerprint density at radius 3 is 2.35 bits per heavy atom. The molecular weight excluding hydrogens is 456 g/mol. The fraction of sp³-hybridized carbons (Fsp3) is 0.160. The van der Waals surface area contributed by atoms with Crippen LogP contribution in [-0.4, -0.2) is 26.4 Å². The van der Waals surface area contributed by atoms with E-state index in [0.29, 0.717) is 11.3 Å². The summed E-state index contributed by atoms with van der Waals surface area (Å²) in [4.78, 5) is 24.8. The summed E-state index contributed by atoms with van der Waals surface area (Å²) in [5.41, 5.74) is 2.02. The van der Waals surface area contributed by atoms with Crippen molar-refractivity contribution < 1.29 is 26.9 Å². The van der Waals surface area contributed by atoms with E-state index >= 15 is 0 Å². The van der Waals surface area contributed by atoms with Crippen LogP contribution in [0.25, 0.3) is 0 Å². The maximum Gasteiger partial charge on any atom is 0.339 e. The van der Waals surface area contributed by atoms with E-state index in [-0.39, 0.29) is 21.8 Å². The number of nitrogens with one attached hydrogen (secondary N) is 1. The average molecular weight is 479 g/mol. The molecule has 1 unspecified atom stereocenters. The van der Waals surface area contributed by atoms with Crippen LogP contribution in [-0.2, 0) is 19.6 Å². The molecule has 8 nitrogen and oxygen atoms in total. The second-order valence-electron chi connectivity index (χ2n) is 7.52. The van der Waals surface area contributed by atoms with Gasteiger partial charge in [0.25, 0.3) is 5.91 Å². The summed E-state index contributed by atoms with van der Waals surface area (Å²) in [6, 6.07) is 18.8. The molecule has 0 aliphatic rings. The zero-order valence-electron chi connectivity index (χ0n) is 18.7. The van der Waals surface area contributed by atoms with Crippen molar-refractivity contribution in [2.45, 2.75) is 31.8 Å². The number of carbonyl (C=O) groups is 2. The number of anilines is 1. The van der Waals surface area contributed by atoms with Gasteiger partial charge in [0.1, 0.15) is 16.7 Å². The van der Waals surface area contributed by atoms with E-state index in [0.717, 1.165) is 5.56 Å². The molecule has 3 aromatic rings. The maximum atomic E-state index is 12.6. The lowest BCUT2D eigenvalue weighted by Crippen LogP contribution is -2.30. The van der Waals surface area contributed by atoms with E-state index in [2.05, 4.69) is 5.32 Å². The van der Waals surface area contributed by atoms with Crippen molar-refractivity contribution in [1.29, 1.82) is 5.26 Å². The van der Waals surface area contributed by atoms with Gasteiger partial charge in [-0.2, -0.15) is 13.7 Å². The molecular formula is C25H22N2O6S. The molecule has 1 amide bonds. The molecule has 0 saturated heterocycles. The highest BCUT2D eigenvalue weighted by atomic mass is 32.2. The Balaban J connectivity index is 1.65. The van der Waals surface area contributed by atoms with Crippen molar-refractivity contribution >= 4 is 27.7 Å². The van der Waals surface area contributed by atoms with Crippen molar-refractivity contribution in [2.75, 3.05) is 5.32 Å². The van der Waals surface area contributed by atoms with Gasteiger partial charge >= 0.3 is 16.1 Å². The van der Waals surface area contributed by atoms with Gasteiger partial charge in [0, 0.05) is 0 Å². The molecule has 3 rings (SSSR count). The van der Waals surface area contributed by atoms with Crippen LogP contribution in [0.1, 0.15) is 34.0 Å². The van der Waals surface area contributed by atoms with Gasteiger partial charge < -0.3 is 14.2 Å². The average Bonchev–Trinajstić information content (AvgIpc) is 2.81. The number of benzene rings is 3. The third kappa shape index (κ3) is 5.79. The molecule has 0 radical (unpaired) electrons. The van der Waals surface area contributed by atoms with Crippen LogP contribution in [0, 0.1) is 25.2 Å². The second kappa shape index (κ2) is 10.2. The number of para-hydroxylation sites is 1. The van der Waals surface area contributed by atoms with E-state index in [1.165, 1.54) is 37.3 Å². The molecule has 9 heteroatoms. The van der Waals surface area contributed by atoms with Gasteiger partial charge in [-0.25, -0.2) is 4.79 Å². The van der Waals surface area contributed by atoms with Crippen molar-refractivity contribution in [3.63, 3.8) is 0 Å². The Morgan fingerprint density at radius 1 is 1.00 bits per heavy atom. The minimum atomic E-state index is -4.06. The van der Waals surface area contributed by atoms with E-state index < -0.39 is 28.1 Å². The molecule has 1 N–H and O–H groups in total. The van der Waals surface area contributed by atoms with Gasteiger partial charge in [-0.05, 0) is 74.4 Å². The highest BCUT2D eigenvalue weighted by molar-refractivity contribution is 7.87. The van der Waals surface area contributed by atoms with Crippen LogP contribution in [0.4, 0.5) is 5.69 Å². The van der Waals surface area contributed by atoms with Crippen LogP contribution in [0.5, 0.6) is 5.75 Å². The minimum Gasteiger partial charge on any atom is -0.449 e. The molecule has 174 valence electrons. The van der Waals surface area contributed by atoms with Gasteiger partial charge in [-0.1, -0.05) is 24.3 Å². The summed E-state index contributed by atoms with van der Waals surface area (Å²) in [7, 11) is -4.06. The standard InChI is InChI=1S/C25H22N2O6S/c1-16-8-9-17(2)23(14-16)34(30,31)33-21-12-10-19(11-13-21)25(29)32-18(3)24(28)27-22-7-5-4-6-20(22)15-26/h4-14,18H,1-3H3,(H,27,28). The predicted molar refractivity (Wildman–Crippen MR) is 125 cm³/mol. The van der Waals surface area contributed by atoms with Crippen LogP contribution in [0.2, 0.25) is 0 Å². The Bertz CT molecular complexity index is 1380. The van der Waals surface area contributed by atoms with Gasteiger partial charge in [0.2, 0.25) is 0 Å². The molecule has 0 aliphatic carbocycles. The quantitative estimate of drug-likeness (QED) is 0.400. The lowest BCUT2D eigenvalue weighted by atomic mass is 10.2. The van der Waals surface area contributed by atoms with Crippen molar-refractivity contribution in [3.8, 4) is 11.8 Å². The third-order valence-electron chi connectivity index (χ3n) is 4.87. The number of rotatable bonds is 7. The molecule has 1 atom stereocenters. The first kappa shape index (κ1) is 24.5. The Hall–Kier alpha value is -4.16. The number of esters is 1. The van der Waals surface area contributed by atoms with E-state index in [1.807, 2.05) is 6.07 Å². The summed E-state index contributed by atoms with van der Waals surface area (Å²) in [6.07, 6.45) is -1.14. The normalized spacial score (nSPS) is 11.7. The molecule has 0 aliphatic heterocycles. The third-order valence-corrected chi connectivity index (χ3v) is 6.26. The van der Waals surface area contributed by atoms with Crippen LogP contribution >= 0.6 is 0 Å². The number of aryl methyl sites for hydroxylation is 2. The molecule has 0 heterocycles. The smallest absolute Gasteiger partial charge is 0.339 e. The first-order chi connectivity index (χ1) is 16.1. The molecule has 0 aromatic heterocycles. The highest BCUT2D eigenvalue weighted by Crippen LogP contribution is 2.23. The minimum absolute atomic E-state index is 0.0244. The molecule has 0 bridgehead atoms. The Morgan fingerprint density at radius 2 is 1.68 bits per heavy atom. The molecule has 0 saturated carbocycles. The topological polar surface area (TPSA) is 123 Å². The summed E-state index contributed by atoms with van der Waals surface area (Å²) >= 11 is 0. The number of amides is 1. The highest BCUT2D eigenvalue weighted by Gasteiger charge is 2.22. The Labute approximate surface area is 197 Å². The molecule has 3 aromatic carbocycles. The number of hydrogen-bond donors (Lipinski definition) is 1. The molecule has 0 fully saturated rings. The zero-order valence-corrected chi connectivity index (χ0v) is 19.5. The maximum absolute atomic E-state index is 12.6. The van der Waals surface area contributed by atoms with E-state index in [9.17, 15) is 18.0 Å². The number of nitriles is 1. The first-order valence-electron chi connectivity index (χ1n) is 10.2. The monoisotopic (exact) mass is 478 g/mol. The van der Waals surface area contributed by atoms with Crippen LogP contribution in [0.3, 0.4) is 0 Å². The molecule has 34 heavy (non-hydrogen) atoms. The number of nitrogens with zero attached hydrogens (tertiary/aromatic N) is 1. The van der Waals surface area contributed by atoms with Crippen molar-refractivity contribution in [3.05, 3.63) is 89.0 Å². The number of carbonyl (C=O) groups excluding carboxylic acids is 2. The zero-order chi connectivity index (χ0) is 24.9. The second-order valence-corrected chi connectivity index (χ2v) is 9.04. The van der Waals surface area contributed by atoms with Gasteiger partial charge in [0.15, 0.2) is 6.10 Å². The summed E-state index contributed by atoms with van der Waals surface area (Å²) < 4.78 is 35.6. The fourth-order valence-corrected chi connectivity index (χ4v) is 4.25. The molecule has 0 spiro atoms.